The Bertz CT molecular complexity index is 759. The molecule has 4 rings (SSSR count). The molecule has 0 atom stereocenters. The van der Waals surface area contributed by atoms with E-state index in [1.54, 1.807) is 0 Å². The Morgan fingerprint density at radius 1 is 0.750 bits per heavy atom. The van der Waals surface area contributed by atoms with E-state index >= 15 is 0 Å². The van der Waals surface area contributed by atoms with Crippen LogP contribution in [0.25, 0.3) is 0 Å². The summed E-state index contributed by atoms with van der Waals surface area (Å²) in [5.74, 6) is 0. The maximum atomic E-state index is 12.9. The van der Waals surface area contributed by atoms with Crippen molar-refractivity contribution in [1.29, 1.82) is 0 Å². The van der Waals surface area contributed by atoms with Crippen LogP contribution in [-0.4, -0.2) is 68.2 Å². The van der Waals surface area contributed by atoms with Crippen LogP contribution in [0.4, 0.5) is 16.2 Å². The molecule has 2 aromatic carbocycles. The third-order valence-electron chi connectivity index (χ3n) is 5.64. The van der Waals surface area contributed by atoms with E-state index in [2.05, 4.69) is 47.1 Å². The maximum Gasteiger partial charge on any atom is 0.320 e. The number of benzene rings is 2. The van der Waals surface area contributed by atoms with Gasteiger partial charge in [-0.2, -0.15) is 0 Å². The first kappa shape index (κ1) is 18.9. The van der Waals surface area contributed by atoms with Gasteiger partial charge in [-0.1, -0.05) is 29.8 Å². The zero-order valence-electron chi connectivity index (χ0n) is 16.4. The summed E-state index contributed by atoms with van der Waals surface area (Å²) >= 11 is 6.11. The first-order chi connectivity index (χ1) is 13.6. The van der Waals surface area contributed by atoms with Crippen LogP contribution in [0.3, 0.4) is 0 Å². The number of amides is 2. The molecule has 0 spiro atoms. The first-order valence-corrected chi connectivity index (χ1v) is 10.3. The van der Waals surface area contributed by atoms with E-state index in [4.69, 9.17) is 11.6 Å². The molecule has 2 amide bonds. The number of rotatable bonds is 2. The standard InChI is InChI=1S/C22H27ClN4O/c1-18-4-2-6-20(16-18)24-8-12-26(13-9-24)22(28)27-14-10-25(11-15-27)21-7-3-5-19(23)17-21/h2-7,16-17H,8-15H2,1H3. The smallest absolute Gasteiger partial charge is 0.320 e. The highest BCUT2D eigenvalue weighted by Gasteiger charge is 2.28. The third-order valence-corrected chi connectivity index (χ3v) is 5.88. The lowest BCUT2D eigenvalue weighted by Crippen LogP contribution is -2.57. The molecule has 2 aliphatic heterocycles. The van der Waals surface area contributed by atoms with Crippen molar-refractivity contribution in [2.24, 2.45) is 0 Å². The summed E-state index contributed by atoms with van der Waals surface area (Å²) in [6.07, 6.45) is 0. The number of hydrogen-bond acceptors (Lipinski definition) is 3. The van der Waals surface area contributed by atoms with Gasteiger partial charge in [0.2, 0.25) is 0 Å². The summed E-state index contributed by atoms with van der Waals surface area (Å²) in [5, 5.41) is 0.752. The van der Waals surface area contributed by atoms with E-state index < -0.39 is 0 Å². The molecule has 6 heteroatoms. The van der Waals surface area contributed by atoms with Gasteiger partial charge in [-0.25, -0.2) is 4.79 Å². The van der Waals surface area contributed by atoms with Crippen molar-refractivity contribution in [3.63, 3.8) is 0 Å². The number of hydrogen-bond donors (Lipinski definition) is 0. The second-order valence-electron chi connectivity index (χ2n) is 7.55. The van der Waals surface area contributed by atoms with Crippen molar-refractivity contribution in [3.8, 4) is 0 Å². The molecule has 0 unspecified atom stereocenters. The summed E-state index contributed by atoms with van der Waals surface area (Å²) in [5.41, 5.74) is 3.65. The van der Waals surface area contributed by atoms with Gasteiger partial charge in [-0.3, -0.25) is 0 Å². The monoisotopic (exact) mass is 398 g/mol. The van der Waals surface area contributed by atoms with Crippen molar-refractivity contribution in [3.05, 3.63) is 59.1 Å². The molecule has 148 valence electrons. The molecular formula is C22H27ClN4O. The molecule has 0 radical (unpaired) electrons. The zero-order valence-corrected chi connectivity index (χ0v) is 17.1. The third kappa shape index (κ3) is 4.20. The van der Waals surface area contributed by atoms with Gasteiger partial charge in [-0.05, 0) is 42.8 Å². The van der Waals surface area contributed by atoms with Gasteiger partial charge >= 0.3 is 6.03 Å². The van der Waals surface area contributed by atoms with Gasteiger partial charge in [0.15, 0.2) is 0 Å². The number of carbonyl (C=O) groups excluding carboxylic acids is 1. The van der Waals surface area contributed by atoms with Crippen LogP contribution in [0.15, 0.2) is 48.5 Å². The second kappa shape index (κ2) is 8.31. The van der Waals surface area contributed by atoms with Gasteiger partial charge < -0.3 is 19.6 Å². The fourth-order valence-corrected chi connectivity index (χ4v) is 4.19. The number of carbonyl (C=O) groups is 1. The molecular weight excluding hydrogens is 372 g/mol. The van der Waals surface area contributed by atoms with Crippen molar-refractivity contribution in [2.75, 3.05) is 62.2 Å². The number of aryl methyl sites for hydroxylation is 1. The van der Waals surface area contributed by atoms with E-state index in [0.717, 1.165) is 63.1 Å². The summed E-state index contributed by atoms with van der Waals surface area (Å²) in [4.78, 5) is 21.6. The number of nitrogens with zero attached hydrogens (tertiary/aromatic N) is 4. The Labute approximate surface area is 172 Å². The normalized spacial score (nSPS) is 17.8. The van der Waals surface area contributed by atoms with Crippen molar-refractivity contribution in [2.45, 2.75) is 6.92 Å². The van der Waals surface area contributed by atoms with Crippen LogP contribution in [0.1, 0.15) is 5.56 Å². The predicted octanol–water partition coefficient (Wildman–Crippen LogP) is 3.71. The zero-order chi connectivity index (χ0) is 19.5. The van der Waals surface area contributed by atoms with Gasteiger partial charge in [0.1, 0.15) is 0 Å². The van der Waals surface area contributed by atoms with Crippen LogP contribution < -0.4 is 9.80 Å². The predicted molar refractivity (Wildman–Crippen MR) is 116 cm³/mol. The Morgan fingerprint density at radius 2 is 1.25 bits per heavy atom. The second-order valence-corrected chi connectivity index (χ2v) is 7.99. The number of anilines is 2. The van der Waals surface area contributed by atoms with Gasteiger partial charge in [0.05, 0.1) is 0 Å². The van der Waals surface area contributed by atoms with E-state index in [9.17, 15) is 4.79 Å². The molecule has 0 N–H and O–H groups in total. The fraction of sp³-hybridized carbons (Fsp3) is 0.409. The fourth-order valence-electron chi connectivity index (χ4n) is 4.01. The largest absolute Gasteiger partial charge is 0.368 e. The maximum absolute atomic E-state index is 12.9. The minimum atomic E-state index is 0.176. The molecule has 0 saturated carbocycles. The molecule has 2 fully saturated rings. The van der Waals surface area contributed by atoms with Gasteiger partial charge in [-0.15, -0.1) is 0 Å². The van der Waals surface area contributed by atoms with E-state index in [0.29, 0.717) is 0 Å². The van der Waals surface area contributed by atoms with E-state index in [1.807, 2.05) is 28.0 Å². The molecule has 2 saturated heterocycles. The first-order valence-electron chi connectivity index (χ1n) is 9.96. The van der Waals surface area contributed by atoms with Crippen LogP contribution >= 0.6 is 11.6 Å². The van der Waals surface area contributed by atoms with Crippen LogP contribution in [0, 0.1) is 6.92 Å². The van der Waals surface area contributed by atoms with Crippen molar-refractivity contribution < 1.29 is 4.79 Å². The molecule has 2 heterocycles. The Balaban J connectivity index is 1.29. The Hall–Kier alpha value is -2.40. The Morgan fingerprint density at radius 3 is 1.75 bits per heavy atom. The quantitative estimate of drug-likeness (QED) is 0.772. The Kier molecular flexibility index (Phi) is 5.62. The number of urea groups is 1. The summed E-state index contributed by atoms with van der Waals surface area (Å²) < 4.78 is 0. The van der Waals surface area contributed by atoms with Crippen molar-refractivity contribution >= 4 is 29.0 Å². The summed E-state index contributed by atoms with van der Waals surface area (Å²) in [6.45, 7) is 8.64. The highest BCUT2D eigenvalue weighted by Crippen LogP contribution is 2.22. The lowest BCUT2D eigenvalue weighted by atomic mass is 10.2. The van der Waals surface area contributed by atoms with Crippen LogP contribution in [-0.2, 0) is 0 Å². The number of halogens is 1. The average molecular weight is 399 g/mol. The van der Waals surface area contributed by atoms with Gasteiger partial charge in [0, 0.05) is 68.8 Å². The van der Waals surface area contributed by atoms with E-state index in [-0.39, 0.29) is 6.03 Å². The lowest BCUT2D eigenvalue weighted by molar-refractivity contribution is 0.147. The topological polar surface area (TPSA) is 30.0 Å². The molecule has 5 nitrogen and oxygen atoms in total. The van der Waals surface area contributed by atoms with Crippen molar-refractivity contribution in [1.82, 2.24) is 9.80 Å². The molecule has 2 aromatic rings. The molecule has 2 aliphatic rings. The highest BCUT2D eigenvalue weighted by atomic mass is 35.5. The highest BCUT2D eigenvalue weighted by molar-refractivity contribution is 6.30. The summed E-state index contributed by atoms with van der Waals surface area (Å²) in [6, 6.07) is 16.7. The van der Waals surface area contributed by atoms with Gasteiger partial charge in [0.25, 0.3) is 0 Å². The summed E-state index contributed by atoms with van der Waals surface area (Å²) in [7, 11) is 0. The van der Waals surface area contributed by atoms with Crippen LogP contribution in [0.2, 0.25) is 5.02 Å². The molecule has 28 heavy (non-hydrogen) atoms. The SMILES string of the molecule is Cc1cccc(N2CCN(C(=O)N3CCN(c4cccc(Cl)c4)CC3)CC2)c1. The lowest BCUT2D eigenvalue weighted by Gasteiger charge is -2.41. The minimum Gasteiger partial charge on any atom is -0.368 e. The molecule has 0 aliphatic carbocycles. The van der Waals surface area contributed by atoms with Crippen LogP contribution in [0.5, 0.6) is 0 Å². The minimum absolute atomic E-state index is 0.176. The average Bonchev–Trinajstić information content (AvgIpc) is 2.73. The molecule has 0 aromatic heterocycles. The number of piperazine rings is 2. The van der Waals surface area contributed by atoms with E-state index in [1.165, 1.54) is 11.3 Å². The molecule has 0 bridgehead atoms.